The molecule has 1 aromatic carbocycles. The minimum atomic E-state index is -0.228. The van der Waals surface area contributed by atoms with Crippen LogP contribution in [0.25, 0.3) is 0 Å². The summed E-state index contributed by atoms with van der Waals surface area (Å²) in [6, 6.07) is 6.12. The van der Waals surface area contributed by atoms with Crippen LogP contribution in [-0.2, 0) is 0 Å². The minimum absolute atomic E-state index is 0.174. The normalized spacial score (nSPS) is 25.4. The summed E-state index contributed by atoms with van der Waals surface area (Å²) in [6.45, 7) is 1.99. The van der Waals surface area contributed by atoms with E-state index in [9.17, 15) is 5.11 Å². The van der Waals surface area contributed by atoms with Gasteiger partial charge in [0.05, 0.1) is 12.1 Å². The molecule has 3 heteroatoms. The summed E-state index contributed by atoms with van der Waals surface area (Å²) in [5.74, 6) is 0. The first kappa shape index (κ1) is 11.7. The van der Waals surface area contributed by atoms with Crippen molar-refractivity contribution in [2.24, 2.45) is 0 Å². The molecule has 1 aliphatic carbocycles. The van der Waals surface area contributed by atoms with Gasteiger partial charge in [-0.15, -0.1) is 0 Å². The van der Waals surface area contributed by atoms with E-state index in [4.69, 9.17) is 11.6 Å². The van der Waals surface area contributed by atoms with Gasteiger partial charge >= 0.3 is 0 Å². The molecule has 2 rings (SSSR count). The molecule has 1 aromatic rings. The monoisotopic (exact) mass is 239 g/mol. The third-order valence-electron chi connectivity index (χ3n) is 3.25. The summed E-state index contributed by atoms with van der Waals surface area (Å²) in [7, 11) is 0. The fraction of sp³-hybridized carbons (Fsp3) is 0.538. The number of nitrogens with one attached hydrogen (secondary N) is 1. The second kappa shape index (κ2) is 5.07. The molecule has 0 amide bonds. The van der Waals surface area contributed by atoms with Crippen molar-refractivity contribution in [1.29, 1.82) is 0 Å². The van der Waals surface area contributed by atoms with Crippen LogP contribution < -0.4 is 5.32 Å². The van der Waals surface area contributed by atoms with Crippen molar-refractivity contribution in [2.45, 2.75) is 44.8 Å². The maximum Gasteiger partial charge on any atom is 0.0741 e. The van der Waals surface area contributed by atoms with Crippen molar-refractivity contribution in [3.63, 3.8) is 0 Å². The maximum absolute atomic E-state index is 9.86. The number of aryl methyl sites for hydroxylation is 1. The van der Waals surface area contributed by atoms with Crippen LogP contribution in [0.2, 0.25) is 5.02 Å². The Labute approximate surface area is 102 Å². The summed E-state index contributed by atoms with van der Waals surface area (Å²) >= 11 is 6.07. The van der Waals surface area contributed by atoms with E-state index in [1.807, 2.05) is 25.1 Å². The van der Waals surface area contributed by atoms with Gasteiger partial charge in [-0.3, -0.25) is 0 Å². The van der Waals surface area contributed by atoms with Crippen molar-refractivity contribution in [3.8, 4) is 0 Å². The minimum Gasteiger partial charge on any atom is -0.391 e. The average molecular weight is 240 g/mol. The van der Waals surface area contributed by atoms with Gasteiger partial charge in [0.2, 0.25) is 0 Å². The fourth-order valence-corrected chi connectivity index (χ4v) is 2.36. The van der Waals surface area contributed by atoms with Crippen LogP contribution in [0.4, 0.5) is 5.69 Å². The van der Waals surface area contributed by atoms with Crippen LogP contribution in [0.15, 0.2) is 18.2 Å². The second-order valence-electron chi connectivity index (χ2n) is 4.57. The molecular weight excluding hydrogens is 222 g/mol. The van der Waals surface area contributed by atoms with E-state index in [1.54, 1.807) is 0 Å². The molecule has 0 bridgehead atoms. The van der Waals surface area contributed by atoms with Gasteiger partial charge in [-0.2, -0.15) is 0 Å². The number of hydrogen-bond donors (Lipinski definition) is 2. The summed E-state index contributed by atoms with van der Waals surface area (Å²) in [6.07, 6.45) is 4.03. The molecule has 16 heavy (non-hydrogen) atoms. The molecular formula is C13H18ClNO. The number of benzene rings is 1. The zero-order valence-electron chi connectivity index (χ0n) is 9.54. The zero-order chi connectivity index (χ0) is 11.5. The Hall–Kier alpha value is -0.730. The second-order valence-corrected chi connectivity index (χ2v) is 4.97. The molecule has 2 atom stereocenters. The zero-order valence-corrected chi connectivity index (χ0v) is 10.3. The van der Waals surface area contributed by atoms with E-state index >= 15 is 0 Å². The third-order valence-corrected chi connectivity index (χ3v) is 3.66. The lowest BCUT2D eigenvalue weighted by Crippen LogP contribution is -2.36. The Morgan fingerprint density at radius 1 is 1.31 bits per heavy atom. The molecule has 88 valence electrons. The Balaban J connectivity index is 2.05. The SMILES string of the molecule is Cc1ccc(N[C@@H]2CCCC[C@H]2O)cc1Cl. The van der Waals surface area contributed by atoms with Gasteiger partial charge in [-0.05, 0) is 37.5 Å². The Morgan fingerprint density at radius 3 is 2.75 bits per heavy atom. The Bertz CT molecular complexity index is 367. The quantitative estimate of drug-likeness (QED) is 0.830. The standard InChI is InChI=1S/C13H18ClNO/c1-9-6-7-10(8-11(9)14)15-12-4-2-3-5-13(12)16/h6-8,12-13,15-16H,2-5H2,1H3/t12-,13-/m1/s1. The molecule has 2 nitrogen and oxygen atoms in total. The van der Waals surface area contributed by atoms with Gasteiger partial charge in [-0.1, -0.05) is 30.5 Å². The number of aliphatic hydroxyl groups excluding tert-OH is 1. The first-order chi connectivity index (χ1) is 7.66. The van der Waals surface area contributed by atoms with Crippen molar-refractivity contribution >= 4 is 17.3 Å². The van der Waals surface area contributed by atoms with Gasteiger partial charge in [0.25, 0.3) is 0 Å². The third kappa shape index (κ3) is 2.69. The first-order valence-electron chi connectivity index (χ1n) is 5.87. The number of hydrogen-bond acceptors (Lipinski definition) is 2. The van der Waals surface area contributed by atoms with Gasteiger partial charge in [0.1, 0.15) is 0 Å². The molecule has 0 saturated heterocycles. The molecule has 2 N–H and O–H groups in total. The summed E-state index contributed by atoms with van der Waals surface area (Å²) in [5.41, 5.74) is 2.08. The fourth-order valence-electron chi connectivity index (χ4n) is 2.18. The number of anilines is 1. The molecule has 1 fully saturated rings. The molecule has 0 spiro atoms. The van der Waals surface area contributed by atoms with E-state index in [0.717, 1.165) is 35.5 Å². The molecule has 0 aliphatic heterocycles. The largest absolute Gasteiger partial charge is 0.391 e. The summed E-state index contributed by atoms with van der Waals surface area (Å²) < 4.78 is 0. The molecule has 1 saturated carbocycles. The van der Waals surface area contributed by atoms with Crippen molar-refractivity contribution in [1.82, 2.24) is 0 Å². The van der Waals surface area contributed by atoms with E-state index in [-0.39, 0.29) is 12.1 Å². The van der Waals surface area contributed by atoms with E-state index in [0.29, 0.717) is 0 Å². The van der Waals surface area contributed by atoms with Crippen LogP contribution in [0.3, 0.4) is 0 Å². The van der Waals surface area contributed by atoms with E-state index < -0.39 is 0 Å². The smallest absolute Gasteiger partial charge is 0.0741 e. The van der Waals surface area contributed by atoms with Crippen LogP contribution in [0.5, 0.6) is 0 Å². The van der Waals surface area contributed by atoms with Gasteiger partial charge < -0.3 is 10.4 Å². The van der Waals surface area contributed by atoms with Crippen molar-refractivity contribution in [3.05, 3.63) is 28.8 Å². The number of halogens is 1. The Morgan fingerprint density at radius 2 is 2.06 bits per heavy atom. The van der Waals surface area contributed by atoms with Crippen molar-refractivity contribution < 1.29 is 5.11 Å². The molecule has 1 aliphatic rings. The lowest BCUT2D eigenvalue weighted by Gasteiger charge is -2.29. The first-order valence-corrected chi connectivity index (χ1v) is 6.25. The van der Waals surface area contributed by atoms with Gasteiger partial charge in [-0.25, -0.2) is 0 Å². The lowest BCUT2D eigenvalue weighted by molar-refractivity contribution is 0.116. The predicted octanol–water partition coefficient (Wildman–Crippen LogP) is 3.36. The molecule has 0 unspecified atom stereocenters. The highest BCUT2D eigenvalue weighted by Gasteiger charge is 2.22. The average Bonchev–Trinajstić information content (AvgIpc) is 2.27. The topological polar surface area (TPSA) is 32.3 Å². The lowest BCUT2D eigenvalue weighted by atomic mass is 9.92. The Kier molecular flexibility index (Phi) is 3.72. The van der Waals surface area contributed by atoms with Gasteiger partial charge in [0, 0.05) is 10.7 Å². The summed E-state index contributed by atoms with van der Waals surface area (Å²) in [5, 5.41) is 14.0. The van der Waals surface area contributed by atoms with Crippen LogP contribution in [0.1, 0.15) is 31.2 Å². The molecule has 0 aromatic heterocycles. The van der Waals surface area contributed by atoms with Crippen molar-refractivity contribution in [2.75, 3.05) is 5.32 Å². The van der Waals surface area contributed by atoms with E-state index in [2.05, 4.69) is 5.32 Å². The highest BCUT2D eigenvalue weighted by atomic mass is 35.5. The van der Waals surface area contributed by atoms with E-state index in [1.165, 1.54) is 6.42 Å². The van der Waals surface area contributed by atoms with Crippen LogP contribution in [0, 0.1) is 6.92 Å². The molecule has 0 radical (unpaired) electrons. The van der Waals surface area contributed by atoms with Crippen LogP contribution >= 0.6 is 11.6 Å². The number of rotatable bonds is 2. The highest BCUT2D eigenvalue weighted by Crippen LogP contribution is 2.25. The van der Waals surface area contributed by atoms with Crippen LogP contribution in [-0.4, -0.2) is 17.3 Å². The number of aliphatic hydroxyl groups is 1. The molecule has 0 heterocycles. The predicted molar refractivity (Wildman–Crippen MR) is 68.1 cm³/mol. The van der Waals surface area contributed by atoms with Gasteiger partial charge in [0.15, 0.2) is 0 Å². The maximum atomic E-state index is 9.86. The highest BCUT2D eigenvalue weighted by molar-refractivity contribution is 6.31. The summed E-state index contributed by atoms with van der Waals surface area (Å²) in [4.78, 5) is 0.